The van der Waals surface area contributed by atoms with Crippen LogP contribution in [0.5, 0.6) is 0 Å². The maximum atomic E-state index is 2.65. The summed E-state index contributed by atoms with van der Waals surface area (Å²) in [6, 6.07) is 0. The molecule has 0 bridgehead atoms. The average Bonchev–Trinajstić information content (AvgIpc) is 2.47. The quantitative estimate of drug-likeness (QED) is 0.295. The van der Waals surface area contributed by atoms with Gasteiger partial charge in [0.15, 0.2) is 0 Å². The van der Waals surface area contributed by atoms with E-state index in [2.05, 4.69) is 41.5 Å². The molecule has 0 aromatic rings. The molecule has 0 radical (unpaired) electrons. The molecule has 0 spiro atoms. The van der Waals surface area contributed by atoms with Crippen LogP contribution < -0.4 is 0 Å². The fraction of sp³-hybridized carbons (Fsp3) is 1.00. The average molecular weight is 345 g/mol. The maximum Gasteiger partial charge on any atom is -0.0229 e. The van der Waals surface area contributed by atoms with Crippen molar-refractivity contribution in [2.24, 2.45) is 22.7 Å². The van der Waals surface area contributed by atoms with Crippen molar-refractivity contribution in [3.05, 3.63) is 0 Å². The van der Waals surface area contributed by atoms with Crippen LogP contribution in [0.2, 0.25) is 0 Å². The number of unbranched alkanes of at least 4 members (excludes halogenated alkanes) is 2. The van der Waals surface area contributed by atoms with Gasteiger partial charge in [0.2, 0.25) is 0 Å². The van der Waals surface area contributed by atoms with E-state index in [1.165, 1.54) is 80.3 Å². The van der Waals surface area contributed by atoms with Crippen molar-refractivity contribution in [3.8, 4) is 0 Å². The van der Waals surface area contributed by atoms with E-state index in [0.29, 0.717) is 10.8 Å². The van der Waals surface area contributed by atoms with E-state index in [9.17, 15) is 0 Å². The van der Waals surface area contributed by atoms with Crippen LogP contribution >= 0.6 is 17.2 Å². The minimum Gasteiger partial charge on any atom is -0.122 e. The molecule has 2 heteroatoms. The first kappa shape index (κ1) is 20.9. The van der Waals surface area contributed by atoms with Gasteiger partial charge in [-0.2, -0.15) is 0 Å². The molecule has 1 rings (SSSR count). The predicted molar refractivity (Wildman–Crippen MR) is 110 cm³/mol. The van der Waals surface area contributed by atoms with Crippen LogP contribution in [-0.2, 0) is 0 Å². The number of hydrogen-bond acceptors (Lipinski definition) is 0. The van der Waals surface area contributed by atoms with Gasteiger partial charge in [-0.3, -0.25) is 0 Å². The van der Waals surface area contributed by atoms with Crippen LogP contribution in [0.4, 0.5) is 0 Å². The first-order valence-electron chi connectivity index (χ1n) is 9.80. The Morgan fingerprint density at radius 2 is 1.14 bits per heavy atom. The van der Waals surface area contributed by atoms with Crippen LogP contribution in [0.3, 0.4) is 0 Å². The lowest BCUT2D eigenvalue weighted by Crippen LogP contribution is -2.48. The fourth-order valence-electron chi connectivity index (χ4n) is 4.22. The Hall–Kier alpha value is 0.860. The van der Waals surface area contributed by atoms with Gasteiger partial charge >= 0.3 is 0 Å². The largest absolute Gasteiger partial charge is 0.122 e. The molecular weight excluding hydrogens is 302 g/mol. The molecule has 6 atom stereocenters. The van der Waals surface area contributed by atoms with Gasteiger partial charge in [-0.15, -0.1) is 17.2 Å². The highest BCUT2D eigenvalue weighted by Crippen LogP contribution is 2.57. The van der Waals surface area contributed by atoms with E-state index in [0.717, 1.165) is 11.8 Å². The molecule has 0 nitrogen and oxygen atoms in total. The van der Waals surface area contributed by atoms with Crippen molar-refractivity contribution in [2.75, 3.05) is 24.6 Å². The first-order chi connectivity index (χ1) is 10.4. The van der Waals surface area contributed by atoms with Crippen molar-refractivity contribution in [3.63, 3.8) is 0 Å². The van der Waals surface area contributed by atoms with Crippen LogP contribution in [0.25, 0.3) is 0 Å². The van der Waals surface area contributed by atoms with Crippen molar-refractivity contribution in [2.45, 2.75) is 80.1 Å². The van der Waals surface area contributed by atoms with Crippen LogP contribution in [0, 0.1) is 22.7 Å². The summed E-state index contributed by atoms with van der Waals surface area (Å²) in [5, 5.41) is 0. The standard InChI is InChI=1S/C20H42P2/c1-7-9-11-21-15-19(5)13-17(3)18(4)14-20(19,6)16-22-12-10-8-2/h17-18,21-22H,7-16H2,1-6H3/t17?,18?,19-,20+. The van der Waals surface area contributed by atoms with Crippen LogP contribution in [0.1, 0.15) is 80.1 Å². The van der Waals surface area contributed by atoms with E-state index in [1.807, 2.05) is 0 Å². The molecule has 1 aliphatic rings. The van der Waals surface area contributed by atoms with E-state index in [1.54, 1.807) is 0 Å². The monoisotopic (exact) mass is 344 g/mol. The van der Waals surface area contributed by atoms with Gasteiger partial charge in [0.1, 0.15) is 0 Å². The van der Waals surface area contributed by atoms with Crippen molar-refractivity contribution in [1.82, 2.24) is 0 Å². The molecule has 132 valence electrons. The highest BCUT2D eigenvalue weighted by Gasteiger charge is 2.49. The fourth-order valence-corrected chi connectivity index (χ4v) is 8.03. The molecular formula is C20H42P2. The van der Waals surface area contributed by atoms with Crippen LogP contribution in [0.15, 0.2) is 0 Å². The Morgan fingerprint density at radius 1 is 0.773 bits per heavy atom. The molecule has 1 saturated carbocycles. The molecule has 22 heavy (non-hydrogen) atoms. The molecule has 1 fully saturated rings. The molecule has 4 unspecified atom stereocenters. The van der Waals surface area contributed by atoms with Gasteiger partial charge in [-0.25, -0.2) is 0 Å². The second kappa shape index (κ2) is 9.99. The van der Waals surface area contributed by atoms with E-state index in [4.69, 9.17) is 0 Å². The summed E-state index contributed by atoms with van der Waals surface area (Å²) >= 11 is 0. The summed E-state index contributed by atoms with van der Waals surface area (Å²) in [5.41, 5.74) is 1.20. The Morgan fingerprint density at radius 3 is 1.45 bits per heavy atom. The topological polar surface area (TPSA) is 0 Å². The molecule has 0 aliphatic heterocycles. The zero-order chi connectivity index (χ0) is 16.6. The Bertz CT molecular complexity index is 274. The van der Waals surface area contributed by atoms with Crippen molar-refractivity contribution < 1.29 is 0 Å². The molecule has 0 N–H and O–H groups in total. The Kier molecular flexibility index (Phi) is 9.49. The van der Waals surface area contributed by atoms with Gasteiger partial charge in [-0.05, 0) is 73.0 Å². The molecule has 1 aliphatic carbocycles. The Labute approximate surface area is 144 Å². The van der Waals surface area contributed by atoms with Crippen molar-refractivity contribution in [1.29, 1.82) is 0 Å². The highest BCUT2D eigenvalue weighted by molar-refractivity contribution is 7.38. The maximum absolute atomic E-state index is 2.65. The lowest BCUT2D eigenvalue weighted by Gasteiger charge is -2.55. The van der Waals surface area contributed by atoms with Gasteiger partial charge in [0.05, 0.1) is 0 Å². The van der Waals surface area contributed by atoms with Gasteiger partial charge in [-0.1, -0.05) is 54.4 Å². The number of rotatable bonds is 10. The third-order valence-electron chi connectivity index (χ3n) is 6.42. The van der Waals surface area contributed by atoms with E-state index in [-0.39, 0.29) is 0 Å². The molecule has 0 amide bonds. The van der Waals surface area contributed by atoms with Gasteiger partial charge in [0.25, 0.3) is 0 Å². The van der Waals surface area contributed by atoms with Gasteiger partial charge in [0, 0.05) is 0 Å². The third kappa shape index (κ3) is 5.74. The zero-order valence-electron chi connectivity index (χ0n) is 16.2. The SMILES string of the molecule is CCCCPC[C@@]1(C)CC(C)C(C)C[C@@]1(C)CPCCCC. The number of hydrogen-bond donors (Lipinski definition) is 0. The van der Waals surface area contributed by atoms with E-state index < -0.39 is 0 Å². The first-order valence-corrected chi connectivity index (χ1v) is 12.6. The normalized spacial score (nSPS) is 36.8. The predicted octanol–water partition coefficient (Wildman–Crippen LogP) is 7.02. The summed E-state index contributed by atoms with van der Waals surface area (Å²) < 4.78 is 0. The molecule has 0 aromatic carbocycles. The minimum atomic E-state index is 0.602. The van der Waals surface area contributed by atoms with E-state index >= 15 is 0 Å². The van der Waals surface area contributed by atoms with Crippen LogP contribution in [-0.4, -0.2) is 24.6 Å². The summed E-state index contributed by atoms with van der Waals surface area (Å²) in [6.07, 6.45) is 14.5. The minimum absolute atomic E-state index is 0.602. The summed E-state index contributed by atoms with van der Waals surface area (Å²) in [5.74, 6) is 1.85. The van der Waals surface area contributed by atoms with Gasteiger partial charge < -0.3 is 0 Å². The smallest absolute Gasteiger partial charge is 0.0229 e. The Balaban J connectivity index is 2.68. The second-order valence-corrected chi connectivity index (χ2v) is 11.3. The highest BCUT2D eigenvalue weighted by atomic mass is 31.1. The lowest BCUT2D eigenvalue weighted by molar-refractivity contribution is 0.000281. The molecule has 0 saturated heterocycles. The summed E-state index contributed by atoms with van der Waals surface area (Å²) in [4.78, 5) is 0. The summed E-state index contributed by atoms with van der Waals surface area (Å²) in [7, 11) is 2.40. The third-order valence-corrected chi connectivity index (χ3v) is 9.89. The van der Waals surface area contributed by atoms with Crippen molar-refractivity contribution >= 4 is 17.2 Å². The second-order valence-electron chi connectivity index (χ2n) is 8.54. The lowest BCUT2D eigenvalue weighted by atomic mass is 9.54. The summed E-state index contributed by atoms with van der Waals surface area (Å²) in [6.45, 7) is 15.0. The molecule has 0 heterocycles. The zero-order valence-corrected chi connectivity index (χ0v) is 18.2. The molecule has 0 aromatic heterocycles.